The van der Waals surface area contributed by atoms with E-state index in [4.69, 9.17) is 27.9 Å². The zero-order valence-electron chi connectivity index (χ0n) is 25.2. The lowest BCUT2D eigenvalue weighted by Crippen LogP contribution is -2.52. The smallest absolute Gasteiger partial charge is 0.337 e. The maximum atomic E-state index is 16.1. The Hall–Kier alpha value is -3.93. The van der Waals surface area contributed by atoms with E-state index in [-0.39, 0.29) is 38.4 Å². The standard InChI is InChI=1S/C35H31Cl2F2N3O3/c1-34(2,3)17-27-35(18-40,24-15-12-21(36)16-26(24)38)28(23-6-5-7-25(37)29(23)39)30-32(43)41(31(42(27)30)19-8-9-19)22-13-10-20(11-14-22)33(44)45-4/h5-7,10-16,19,27,31H,8-9,17H2,1-4H3/t27-,31+,35-/m0/s1. The van der Waals surface area contributed by atoms with Crippen molar-refractivity contribution in [1.29, 1.82) is 5.26 Å². The molecule has 3 aromatic rings. The van der Waals surface area contributed by atoms with Gasteiger partial charge in [0.15, 0.2) is 0 Å². The van der Waals surface area contributed by atoms with Gasteiger partial charge in [0.05, 0.1) is 29.8 Å². The molecular formula is C35H31Cl2F2N3O3. The predicted molar refractivity (Wildman–Crippen MR) is 169 cm³/mol. The summed E-state index contributed by atoms with van der Waals surface area (Å²) in [4.78, 5) is 30.6. The van der Waals surface area contributed by atoms with E-state index in [9.17, 15) is 14.9 Å². The normalized spacial score (nSPS) is 23.0. The zero-order valence-corrected chi connectivity index (χ0v) is 26.7. The average Bonchev–Trinajstić information content (AvgIpc) is 3.74. The molecule has 232 valence electrons. The number of methoxy groups -OCH3 is 1. The summed E-state index contributed by atoms with van der Waals surface area (Å²) >= 11 is 12.5. The number of rotatable bonds is 6. The molecule has 1 saturated heterocycles. The molecule has 1 amide bonds. The van der Waals surface area contributed by atoms with Gasteiger partial charge in [-0.15, -0.1) is 0 Å². The van der Waals surface area contributed by atoms with Crippen LogP contribution in [0.3, 0.4) is 0 Å². The van der Waals surface area contributed by atoms with Crippen molar-refractivity contribution in [3.05, 3.63) is 105 Å². The Labute approximate surface area is 270 Å². The van der Waals surface area contributed by atoms with Crippen LogP contribution in [0.4, 0.5) is 14.5 Å². The van der Waals surface area contributed by atoms with Gasteiger partial charge in [0.25, 0.3) is 5.91 Å². The maximum Gasteiger partial charge on any atom is 0.337 e. The number of benzene rings is 3. The molecule has 10 heteroatoms. The topological polar surface area (TPSA) is 73.6 Å². The minimum absolute atomic E-state index is 0.0104. The van der Waals surface area contributed by atoms with Crippen LogP contribution in [0, 0.1) is 34.3 Å². The fraction of sp³-hybridized carbons (Fsp3) is 0.343. The van der Waals surface area contributed by atoms with E-state index in [2.05, 4.69) is 6.07 Å². The minimum Gasteiger partial charge on any atom is -0.465 e. The molecule has 0 spiro atoms. The number of ether oxygens (including phenoxy) is 1. The third-order valence-electron chi connectivity index (χ3n) is 8.87. The van der Waals surface area contributed by atoms with Gasteiger partial charge in [-0.25, -0.2) is 13.6 Å². The van der Waals surface area contributed by atoms with E-state index in [1.165, 1.54) is 31.4 Å². The van der Waals surface area contributed by atoms with Crippen molar-refractivity contribution in [3.63, 3.8) is 0 Å². The highest BCUT2D eigenvalue weighted by molar-refractivity contribution is 6.31. The molecule has 2 fully saturated rings. The van der Waals surface area contributed by atoms with Crippen molar-refractivity contribution in [1.82, 2.24) is 4.90 Å². The van der Waals surface area contributed by atoms with E-state index in [0.717, 1.165) is 18.9 Å². The second-order valence-electron chi connectivity index (χ2n) is 13.0. The van der Waals surface area contributed by atoms with Crippen LogP contribution in [0.5, 0.6) is 0 Å². The molecule has 1 saturated carbocycles. The fourth-order valence-electron chi connectivity index (χ4n) is 6.90. The molecule has 3 aliphatic rings. The van der Waals surface area contributed by atoms with Gasteiger partial charge in [0.1, 0.15) is 28.9 Å². The highest BCUT2D eigenvalue weighted by Crippen LogP contribution is 2.60. The Morgan fingerprint density at radius 3 is 2.36 bits per heavy atom. The molecule has 2 aliphatic heterocycles. The van der Waals surface area contributed by atoms with E-state index in [1.54, 1.807) is 35.2 Å². The maximum absolute atomic E-state index is 16.1. The monoisotopic (exact) mass is 649 g/mol. The number of hydrogen-bond donors (Lipinski definition) is 0. The summed E-state index contributed by atoms with van der Waals surface area (Å²) in [6.07, 6.45) is 1.49. The molecule has 0 radical (unpaired) electrons. The third-order valence-corrected chi connectivity index (χ3v) is 9.39. The molecular weight excluding hydrogens is 619 g/mol. The van der Waals surface area contributed by atoms with Crippen LogP contribution in [-0.2, 0) is 14.9 Å². The van der Waals surface area contributed by atoms with Crippen molar-refractivity contribution in [2.24, 2.45) is 11.3 Å². The summed E-state index contributed by atoms with van der Waals surface area (Å²) < 4.78 is 37.1. The van der Waals surface area contributed by atoms with Gasteiger partial charge < -0.3 is 9.64 Å². The molecule has 6 rings (SSSR count). The number of carbonyl (C=O) groups excluding carboxylic acids is 2. The lowest BCUT2D eigenvalue weighted by Gasteiger charge is -2.43. The zero-order chi connectivity index (χ0) is 32.4. The molecule has 6 nitrogen and oxygen atoms in total. The van der Waals surface area contributed by atoms with Crippen LogP contribution in [0.2, 0.25) is 10.0 Å². The number of hydrogen-bond acceptors (Lipinski definition) is 5. The van der Waals surface area contributed by atoms with Gasteiger partial charge in [-0.05, 0) is 73.1 Å². The lowest BCUT2D eigenvalue weighted by atomic mass is 9.65. The van der Waals surface area contributed by atoms with Crippen molar-refractivity contribution < 1.29 is 23.1 Å². The van der Waals surface area contributed by atoms with Crippen LogP contribution in [0.15, 0.2) is 66.4 Å². The Morgan fingerprint density at radius 2 is 1.78 bits per heavy atom. The average molecular weight is 651 g/mol. The number of carbonyl (C=O) groups is 2. The molecule has 0 aromatic heterocycles. The Kier molecular flexibility index (Phi) is 7.70. The van der Waals surface area contributed by atoms with Gasteiger partial charge in [0.2, 0.25) is 0 Å². The van der Waals surface area contributed by atoms with Crippen LogP contribution in [-0.4, -0.2) is 36.1 Å². The van der Waals surface area contributed by atoms with Crippen LogP contribution in [0.1, 0.15) is 61.5 Å². The molecule has 0 N–H and O–H groups in total. The lowest BCUT2D eigenvalue weighted by molar-refractivity contribution is -0.114. The number of halogens is 4. The highest BCUT2D eigenvalue weighted by atomic mass is 35.5. The number of fused-ring (bicyclic) bond motifs is 1. The van der Waals surface area contributed by atoms with E-state index < -0.39 is 46.5 Å². The number of nitrogens with zero attached hydrogens (tertiary/aromatic N) is 3. The fourth-order valence-corrected chi connectivity index (χ4v) is 7.23. The molecule has 45 heavy (non-hydrogen) atoms. The van der Waals surface area contributed by atoms with Crippen LogP contribution in [0.25, 0.3) is 5.57 Å². The first kappa shape index (κ1) is 31.1. The SMILES string of the molecule is COC(=O)c1ccc(N2C(=O)C3=C(c4cccc(Cl)c4F)[C@@](C#N)(c4ccc(Cl)cc4F)[C@H](CC(C)(C)C)N3[C@@H]2C2CC2)cc1. The van der Waals surface area contributed by atoms with Crippen LogP contribution < -0.4 is 4.90 Å². The predicted octanol–water partition coefficient (Wildman–Crippen LogP) is 8.13. The number of anilines is 1. The molecule has 2 heterocycles. The van der Waals surface area contributed by atoms with Crippen molar-refractivity contribution in [2.75, 3.05) is 12.0 Å². The third kappa shape index (κ3) is 4.97. The number of amides is 1. The second-order valence-corrected chi connectivity index (χ2v) is 13.9. The van der Waals surface area contributed by atoms with Crippen molar-refractivity contribution in [2.45, 2.75) is 57.7 Å². The molecule has 0 bridgehead atoms. The molecule has 1 aliphatic carbocycles. The summed E-state index contributed by atoms with van der Waals surface area (Å²) in [7, 11) is 1.29. The van der Waals surface area contributed by atoms with Gasteiger partial charge in [-0.1, -0.05) is 62.2 Å². The number of nitriles is 1. The van der Waals surface area contributed by atoms with E-state index in [1.807, 2.05) is 25.7 Å². The molecule has 0 unspecified atom stereocenters. The quantitative estimate of drug-likeness (QED) is 0.252. The second kappa shape index (κ2) is 11.1. The Balaban J connectivity index is 1.69. The summed E-state index contributed by atoms with van der Waals surface area (Å²) in [6.45, 7) is 6.04. The van der Waals surface area contributed by atoms with Crippen LogP contribution >= 0.6 is 23.2 Å². The van der Waals surface area contributed by atoms with Gasteiger partial charge >= 0.3 is 5.97 Å². The summed E-state index contributed by atoms with van der Waals surface area (Å²) in [5.74, 6) is -2.44. The molecule has 3 atom stereocenters. The van der Waals surface area contributed by atoms with Gasteiger partial charge in [0, 0.05) is 27.4 Å². The summed E-state index contributed by atoms with van der Waals surface area (Å²) in [5.41, 5.74) is -1.16. The minimum atomic E-state index is -1.80. The van der Waals surface area contributed by atoms with Crippen molar-refractivity contribution in [3.8, 4) is 6.07 Å². The van der Waals surface area contributed by atoms with Crippen molar-refractivity contribution >= 4 is 46.3 Å². The summed E-state index contributed by atoms with van der Waals surface area (Å²) in [5, 5.41) is 11.2. The highest BCUT2D eigenvalue weighted by Gasteiger charge is 2.65. The first-order valence-electron chi connectivity index (χ1n) is 14.7. The summed E-state index contributed by atoms with van der Waals surface area (Å²) in [6, 6.07) is 16.7. The van der Waals surface area contributed by atoms with E-state index >= 15 is 8.78 Å². The van der Waals surface area contributed by atoms with Gasteiger partial charge in [-0.3, -0.25) is 9.69 Å². The van der Waals surface area contributed by atoms with Gasteiger partial charge in [-0.2, -0.15) is 5.26 Å². The Morgan fingerprint density at radius 1 is 1.09 bits per heavy atom. The molecule has 3 aromatic carbocycles. The first-order valence-corrected chi connectivity index (χ1v) is 15.5. The number of esters is 1. The Bertz CT molecular complexity index is 1790. The first-order chi connectivity index (χ1) is 21.3. The largest absolute Gasteiger partial charge is 0.465 e. The van der Waals surface area contributed by atoms with E-state index in [0.29, 0.717) is 17.7 Å².